The number of nitrogens with zero attached hydrogens (tertiary/aromatic N) is 1. The SMILES string of the molecule is C=C(C)CN=C(N)NCC1CCOc2ccccc21. The van der Waals surface area contributed by atoms with Gasteiger partial charge in [-0.25, -0.2) is 4.99 Å². The molecule has 1 aliphatic heterocycles. The van der Waals surface area contributed by atoms with E-state index in [1.54, 1.807) is 0 Å². The highest BCUT2D eigenvalue weighted by Gasteiger charge is 2.20. The Hall–Kier alpha value is -1.97. The Balaban J connectivity index is 1.94. The van der Waals surface area contributed by atoms with Crippen LogP contribution in [0.4, 0.5) is 0 Å². The molecule has 0 aliphatic carbocycles. The van der Waals surface area contributed by atoms with Crippen molar-refractivity contribution >= 4 is 5.96 Å². The summed E-state index contributed by atoms with van der Waals surface area (Å²) >= 11 is 0. The standard InChI is InChI=1S/C15H21N3O/c1-11(2)9-17-15(16)18-10-12-7-8-19-14-6-4-3-5-13(12)14/h3-6,12H,1,7-10H2,2H3,(H3,16,17,18). The number of para-hydroxylation sites is 1. The minimum absolute atomic E-state index is 0.420. The summed E-state index contributed by atoms with van der Waals surface area (Å²) in [6, 6.07) is 8.17. The molecule has 1 atom stereocenters. The molecule has 0 aromatic heterocycles. The van der Waals surface area contributed by atoms with Crippen molar-refractivity contribution in [1.29, 1.82) is 0 Å². The third-order valence-corrected chi connectivity index (χ3v) is 3.13. The molecule has 0 spiro atoms. The maximum atomic E-state index is 5.83. The Morgan fingerprint density at radius 3 is 3.11 bits per heavy atom. The molecule has 1 aliphatic rings. The lowest BCUT2D eigenvalue weighted by Gasteiger charge is -2.26. The summed E-state index contributed by atoms with van der Waals surface area (Å²) in [4.78, 5) is 4.22. The Labute approximate surface area is 114 Å². The Morgan fingerprint density at radius 2 is 2.32 bits per heavy atom. The van der Waals surface area contributed by atoms with Crippen LogP contribution in [0.25, 0.3) is 0 Å². The molecule has 1 aromatic carbocycles. The number of fused-ring (bicyclic) bond motifs is 1. The van der Waals surface area contributed by atoms with Gasteiger partial charge in [-0.2, -0.15) is 0 Å². The molecule has 0 saturated carbocycles. The van der Waals surface area contributed by atoms with Crippen LogP contribution in [0.15, 0.2) is 41.4 Å². The fourth-order valence-electron chi connectivity index (χ4n) is 2.13. The number of hydrogen-bond acceptors (Lipinski definition) is 2. The molecule has 1 heterocycles. The first-order valence-corrected chi connectivity index (χ1v) is 6.56. The number of aliphatic imine (C=N–C) groups is 1. The third-order valence-electron chi connectivity index (χ3n) is 3.13. The van der Waals surface area contributed by atoms with E-state index in [0.29, 0.717) is 18.4 Å². The molecular formula is C15H21N3O. The second-order valence-electron chi connectivity index (χ2n) is 4.91. The van der Waals surface area contributed by atoms with Crippen LogP contribution in [0.2, 0.25) is 0 Å². The van der Waals surface area contributed by atoms with Crippen molar-refractivity contribution in [2.24, 2.45) is 10.7 Å². The normalized spacial score (nSPS) is 18.4. The first-order valence-electron chi connectivity index (χ1n) is 6.56. The highest BCUT2D eigenvalue weighted by molar-refractivity contribution is 5.78. The van der Waals surface area contributed by atoms with Crippen molar-refractivity contribution in [2.45, 2.75) is 19.3 Å². The summed E-state index contributed by atoms with van der Waals surface area (Å²) < 4.78 is 5.64. The second-order valence-corrected chi connectivity index (χ2v) is 4.91. The molecule has 0 bridgehead atoms. The van der Waals surface area contributed by atoms with Crippen LogP contribution < -0.4 is 15.8 Å². The Morgan fingerprint density at radius 1 is 1.53 bits per heavy atom. The van der Waals surface area contributed by atoms with Gasteiger partial charge in [0, 0.05) is 12.5 Å². The summed E-state index contributed by atoms with van der Waals surface area (Å²) in [7, 11) is 0. The molecule has 0 amide bonds. The van der Waals surface area contributed by atoms with Gasteiger partial charge in [0.2, 0.25) is 0 Å². The molecule has 0 saturated heterocycles. The average Bonchev–Trinajstić information content (AvgIpc) is 2.42. The maximum absolute atomic E-state index is 5.83. The van der Waals surface area contributed by atoms with Crippen LogP contribution in [0.3, 0.4) is 0 Å². The second kappa shape index (κ2) is 6.27. The molecule has 1 aromatic rings. The van der Waals surface area contributed by atoms with E-state index in [4.69, 9.17) is 10.5 Å². The van der Waals surface area contributed by atoms with Gasteiger partial charge in [0.1, 0.15) is 5.75 Å². The van der Waals surface area contributed by atoms with Gasteiger partial charge in [-0.3, -0.25) is 0 Å². The van der Waals surface area contributed by atoms with Crippen LogP contribution >= 0.6 is 0 Å². The topological polar surface area (TPSA) is 59.6 Å². The Bertz CT molecular complexity index is 482. The number of nitrogens with two attached hydrogens (primary N) is 1. The van der Waals surface area contributed by atoms with Crippen LogP contribution in [-0.4, -0.2) is 25.7 Å². The monoisotopic (exact) mass is 259 g/mol. The Kier molecular flexibility index (Phi) is 4.44. The van der Waals surface area contributed by atoms with Gasteiger partial charge < -0.3 is 15.8 Å². The fourth-order valence-corrected chi connectivity index (χ4v) is 2.13. The largest absolute Gasteiger partial charge is 0.493 e. The number of benzene rings is 1. The molecule has 19 heavy (non-hydrogen) atoms. The van der Waals surface area contributed by atoms with Gasteiger partial charge >= 0.3 is 0 Å². The molecule has 102 valence electrons. The molecule has 2 rings (SSSR count). The number of hydrogen-bond donors (Lipinski definition) is 2. The maximum Gasteiger partial charge on any atom is 0.188 e. The molecule has 4 nitrogen and oxygen atoms in total. The first kappa shape index (κ1) is 13.5. The fraction of sp³-hybridized carbons (Fsp3) is 0.400. The molecular weight excluding hydrogens is 238 g/mol. The van der Waals surface area contributed by atoms with Crippen molar-refractivity contribution in [2.75, 3.05) is 19.7 Å². The quantitative estimate of drug-likeness (QED) is 0.494. The smallest absolute Gasteiger partial charge is 0.188 e. The summed E-state index contributed by atoms with van der Waals surface area (Å²) in [5, 5.41) is 3.18. The number of nitrogens with one attached hydrogen (secondary N) is 1. The summed E-state index contributed by atoms with van der Waals surface area (Å²) in [5.74, 6) is 1.88. The van der Waals surface area contributed by atoms with Crippen molar-refractivity contribution in [1.82, 2.24) is 5.32 Å². The van der Waals surface area contributed by atoms with Crippen molar-refractivity contribution in [3.8, 4) is 5.75 Å². The lowest BCUT2D eigenvalue weighted by atomic mass is 9.93. The van der Waals surface area contributed by atoms with Gasteiger partial charge in [0.25, 0.3) is 0 Å². The van der Waals surface area contributed by atoms with Crippen LogP contribution in [0, 0.1) is 0 Å². The van der Waals surface area contributed by atoms with E-state index in [1.807, 2.05) is 25.1 Å². The highest BCUT2D eigenvalue weighted by Crippen LogP contribution is 2.32. The molecule has 1 unspecified atom stereocenters. The minimum Gasteiger partial charge on any atom is -0.493 e. The zero-order valence-corrected chi connectivity index (χ0v) is 11.4. The number of guanidine groups is 1. The summed E-state index contributed by atoms with van der Waals surface area (Å²) in [6.07, 6.45) is 0.998. The van der Waals surface area contributed by atoms with E-state index >= 15 is 0 Å². The molecule has 0 radical (unpaired) electrons. The third kappa shape index (κ3) is 3.74. The van der Waals surface area contributed by atoms with Gasteiger partial charge in [-0.05, 0) is 25.0 Å². The van der Waals surface area contributed by atoms with E-state index in [-0.39, 0.29) is 0 Å². The van der Waals surface area contributed by atoms with Crippen LogP contribution in [-0.2, 0) is 0 Å². The predicted octanol–water partition coefficient (Wildman–Crippen LogP) is 2.03. The van der Waals surface area contributed by atoms with Gasteiger partial charge in [-0.1, -0.05) is 30.4 Å². The summed E-state index contributed by atoms with van der Waals surface area (Å²) in [6.45, 7) is 7.85. The van der Waals surface area contributed by atoms with Gasteiger partial charge in [0.15, 0.2) is 5.96 Å². The van der Waals surface area contributed by atoms with Crippen molar-refractivity contribution < 1.29 is 4.74 Å². The van der Waals surface area contributed by atoms with E-state index in [2.05, 4.69) is 23.0 Å². The highest BCUT2D eigenvalue weighted by atomic mass is 16.5. The molecule has 3 N–H and O–H groups in total. The van der Waals surface area contributed by atoms with Gasteiger partial charge in [0.05, 0.1) is 13.2 Å². The number of ether oxygens (including phenoxy) is 1. The van der Waals surface area contributed by atoms with E-state index in [9.17, 15) is 0 Å². The molecule has 4 heteroatoms. The average molecular weight is 259 g/mol. The number of rotatable bonds is 4. The zero-order chi connectivity index (χ0) is 13.7. The zero-order valence-electron chi connectivity index (χ0n) is 11.4. The lowest BCUT2D eigenvalue weighted by molar-refractivity contribution is 0.267. The van der Waals surface area contributed by atoms with Gasteiger partial charge in [-0.15, -0.1) is 0 Å². The predicted molar refractivity (Wildman–Crippen MR) is 78.6 cm³/mol. The van der Waals surface area contributed by atoms with E-state index in [0.717, 1.165) is 30.9 Å². The van der Waals surface area contributed by atoms with E-state index < -0.39 is 0 Å². The summed E-state index contributed by atoms with van der Waals surface area (Å²) in [5.41, 5.74) is 8.07. The van der Waals surface area contributed by atoms with Crippen molar-refractivity contribution in [3.63, 3.8) is 0 Å². The van der Waals surface area contributed by atoms with E-state index in [1.165, 1.54) is 5.56 Å². The lowest BCUT2D eigenvalue weighted by Crippen LogP contribution is -2.36. The van der Waals surface area contributed by atoms with Crippen molar-refractivity contribution in [3.05, 3.63) is 42.0 Å². The molecule has 0 fully saturated rings. The minimum atomic E-state index is 0.420. The first-order chi connectivity index (χ1) is 9.16. The van der Waals surface area contributed by atoms with Crippen LogP contribution in [0.1, 0.15) is 24.8 Å². The van der Waals surface area contributed by atoms with Crippen LogP contribution in [0.5, 0.6) is 5.75 Å².